The zero-order chi connectivity index (χ0) is 24.8. The van der Waals surface area contributed by atoms with Gasteiger partial charge in [0.15, 0.2) is 0 Å². The molecule has 0 fully saturated rings. The van der Waals surface area contributed by atoms with E-state index in [0.29, 0.717) is 36.1 Å². The number of aromatic hydroxyl groups is 2. The van der Waals surface area contributed by atoms with Crippen LogP contribution in [0.2, 0.25) is 0 Å². The van der Waals surface area contributed by atoms with Crippen LogP contribution < -0.4 is 10.6 Å². The Morgan fingerprint density at radius 3 is 1.38 bits per heavy atom. The van der Waals surface area contributed by atoms with E-state index in [9.17, 15) is 19.8 Å². The molecular formula is C28H32N2O4. The van der Waals surface area contributed by atoms with Crippen molar-refractivity contribution in [3.63, 3.8) is 0 Å². The molecule has 0 bridgehead atoms. The lowest BCUT2D eigenvalue weighted by Gasteiger charge is -2.17. The molecule has 0 aromatic heterocycles. The summed E-state index contributed by atoms with van der Waals surface area (Å²) in [7, 11) is 0. The third-order valence-corrected chi connectivity index (χ3v) is 5.39. The zero-order valence-corrected chi connectivity index (χ0v) is 20.1. The van der Waals surface area contributed by atoms with E-state index in [1.54, 1.807) is 36.4 Å². The molecule has 6 nitrogen and oxygen atoms in total. The van der Waals surface area contributed by atoms with Crippen molar-refractivity contribution in [2.45, 2.75) is 40.5 Å². The lowest BCUT2D eigenvalue weighted by atomic mass is 9.96. The van der Waals surface area contributed by atoms with Crippen molar-refractivity contribution in [2.24, 2.45) is 11.8 Å². The molecule has 2 amide bonds. The molecule has 0 aliphatic carbocycles. The predicted octanol–water partition coefficient (Wildman–Crippen LogP) is 6.00. The molecule has 0 aliphatic rings. The Labute approximate surface area is 200 Å². The maximum Gasteiger partial charge on any atom is 0.259 e. The van der Waals surface area contributed by atoms with E-state index >= 15 is 0 Å². The van der Waals surface area contributed by atoms with E-state index < -0.39 is 11.8 Å². The minimum Gasteiger partial charge on any atom is -0.507 e. The predicted molar refractivity (Wildman–Crippen MR) is 136 cm³/mol. The Morgan fingerprint density at radius 1 is 0.647 bits per heavy atom. The summed E-state index contributed by atoms with van der Waals surface area (Å²) in [5, 5.41) is 26.4. The third kappa shape index (κ3) is 5.95. The van der Waals surface area contributed by atoms with Crippen molar-refractivity contribution in [3.8, 4) is 11.5 Å². The highest BCUT2D eigenvalue weighted by Crippen LogP contribution is 2.29. The first-order valence-electron chi connectivity index (χ1n) is 11.5. The molecule has 0 radical (unpaired) electrons. The summed E-state index contributed by atoms with van der Waals surface area (Å²) in [5.41, 5.74) is 2.72. The molecule has 0 heterocycles. The van der Waals surface area contributed by atoms with Gasteiger partial charge >= 0.3 is 0 Å². The first-order valence-corrected chi connectivity index (χ1v) is 11.5. The molecule has 0 unspecified atom stereocenters. The summed E-state index contributed by atoms with van der Waals surface area (Å²) >= 11 is 0. The smallest absolute Gasteiger partial charge is 0.259 e. The molecule has 0 saturated heterocycles. The Bertz CT molecular complexity index is 1090. The Hall–Kier alpha value is -3.80. The van der Waals surface area contributed by atoms with Crippen LogP contribution in [0.15, 0.2) is 60.7 Å². The monoisotopic (exact) mass is 460 g/mol. The van der Waals surface area contributed by atoms with Crippen molar-refractivity contribution < 1.29 is 19.8 Å². The number of nitrogens with one attached hydrogen (secondary N) is 2. The van der Waals surface area contributed by atoms with Crippen LogP contribution in [0.3, 0.4) is 0 Å². The zero-order valence-electron chi connectivity index (χ0n) is 20.1. The molecule has 3 aromatic carbocycles. The van der Waals surface area contributed by atoms with Gasteiger partial charge in [0.05, 0.1) is 22.5 Å². The molecule has 0 spiro atoms. The van der Waals surface area contributed by atoms with Crippen molar-refractivity contribution in [1.82, 2.24) is 0 Å². The largest absolute Gasteiger partial charge is 0.507 e. The minimum atomic E-state index is -0.460. The summed E-state index contributed by atoms with van der Waals surface area (Å²) in [6.07, 6.45) is 1.28. The van der Waals surface area contributed by atoms with Crippen LogP contribution in [-0.4, -0.2) is 22.0 Å². The number of benzene rings is 3. The fraction of sp³-hybridized carbons (Fsp3) is 0.286. The first-order chi connectivity index (χ1) is 16.2. The molecule has 0 saturated carbocycles. The van der Waals surface area contributed by atoms with Crippen LogP contribution in [0.4, 0.5) is 11.4 Å². The Balaban J connectivity index is 1.89. The van der Waals surface area contributed by atoms with Crippen molar-refractivity contribution >= 4 is 23.2 Å². The lowest BCUT2D eigenvalue weighted by Crippen LogP contribution is -2.19. The van der Waals surface area contributed by atoms with Crippen LogP contribution in [0, 0.1) is 11.8 Å². The number of hydrogen-bond donors (Lipinski definition) is 4. The van der Waals surface area contributed by atoms with Crippen LogP contribution in [0.25, 0.3) is 0 Å². The highest BCUT2D eigenvalue weighted by atomic mass is 16.3. The van der Waals surface area contributed by atoms with Crippen LogP contribution >= 0.6 is 0 Å². The second kappa shape index (κ2) is 10.9. The Morgan fingerprint density at radius 2 is 1.03 bits per heavy atom. The van der Waals surface area contributed by atoms with Gasteiger partial charge in [-0.3, -0.25) is 9.59 Å². The van der Waals surface area contributed by atoms with Gasteiger partial charge in [-0.25, -0.2) is 0 Å². The van der Waals surface area contributed by atoms with Gasteiger partial charge in [-0.1, -0.05) is 64.1 Å². The maximum atomic E-state index is 13.2. The van der Waals surface area contributed by atoms with Crippen LogP contribution in [0.1, 0.15) is 59.5 Å². The molecular weight excluding hydrogens is 428 g/mol. The summed E-state index contributed by atoms with van der Waals surface area (Å²) < 4.78 is 0. The number of carbonyl (C=O) groups is 2. The SMILES string of the molecule is CC(C)Cc1cccc(O)c1C(=O)Nc1ccccc1NC(=O)c1c(O)cccc1CC(C)C. The standard InChI is InChI=1S/C28H32N2O4/c1-17(2)15-19-9-7-13-23(31)25(19)27(33)29-21-11-5-6-12-22(21)30-28(34)26-20(16-18(3)4)10-8-14-24(26)32/h5-14,17-18,31-32H,15-16H2,1-4H3,(H,29,33)(H,30,34). The number of carbonyl (C=O) groups excluding carboxylic acids is 2. The summed E-state index contributed by atoms with van der Waals surface area (Å²) in [6.45, 7) is 8.18. The number of phenols is 2. The number of hydrogen-bond acceptors (Lipinski definition) is 4. The van der Waals surface area contributed by atoms with E-state index in [1.807, 2.05) is 39.8 Å². The molecule has 0 aliphatic heterocycles. The van der Waals surface area contributed by atoms with Gasteiger partial charge in [-0.15, -0.1) is 0 Å². The average Bonchev–Trinajstić information content (AvgIpc) is 2.74. The third-order valence-electron chi connectivity index (χ3n) is 5.39. The number of phenolic OH excluding ortho intramolecular Hbond substituents is 2. The van der Waals surface area contributed by atoms with E-state index in [1.165, 1.54) is 12.1 Å². The maximum absolute atomic E-state index is 13.2. The number of rotatable bonds is 8. The molecule has 4 N–H and O–H groups in total. The quantitative estimate of drug-likeness (QED) is 0.331. The summed E-state index contributed by atoms with van der Waals surface area (Å²) in [6, 6.07) is 16.9. The van der Waals surface area contributed by atoms with Crippen molar-refractivity contribution in [2.75, 3.05) is 10.6 Å². The first kappa shape index (κ1) is 24.8. The second-order valence-corrected chi connectivity index (χ2v) is 9.27. The molecule has 6 heteroatoms. The topological polar surface area (TPSA) is 98.7 Å². The fourth-order valence-electron chi connectivity index (χ4n) is 3.99. The van der Waals surface area contributed by atoms with E-state index in [0.717, 1.165) is 11.1 Å². The van der Waals surface area contributed by atoms with E-state index in [4.69, 9.17) is 0 Å². The molecule has 3 aromatic rings. The molecule has 178 valence electrons. The normalized spacial score (nSPS) is 11.0. The Kier molecular flexibility index (Phi) is 7.95. The van der Waals surface area contributed by atoms with Gasteiger partial charge in [0.2, 0.25) is 0 Å². The van der Waals surface area contributed by atoms with Gasteiger partial charge in [0.1, 0.15) is 11.5 Å². The van der Waals surface area contributed by atoms with Gasteiger partial charge in [-0.05, 0) is 60.1 Å². The van der Waals surface area contributed by atoms with Crippen molar-refractivity contribution in [3.05, 3.63) is 82.9 Å². The number of anilines is 2. The second-order valence-electron chi connectivity index (χ2n) is 9.27. The molecule has 0 atom stereocenters. The fourth-order valence-corrected chi connectivity index (χ4v) is 3.99. The number of para-hydroxylation sites is 2. The minimum absolute atomic E-state index is 0.0929. The van der Waals surface area contributed by atoms with Crippen molar-refractivity contribution in [1.29, 1.82) is 0 Å². The summed E-state index contributed by atoms with van der Waals surface area (Å²) in [5.74, 6) is -0.497. The molecule has 34 heavy (non-hydrogen) atoms. The van der Waals surface area contributed by atoms with Crippen LogP contribution in [-0.2, 0) is 12.8 Å². The van der Waals surface area contributed by atoms with Gasteiger partial charge in [0, 0.05) is 0 Å². The highest BCUT2D eigenvalue weighted by Gasteiger charge is 2.21. The summed E-state index contributed by atoms with van der Waals surface area (Å²) in [4.78, 5) is 26.3. The van der Waals surface area contributed by atoms with Gasteiger partial charge in [0.25, 0.3) is 11.8 Å². The van der Waals surface area contributed by atoms with E-state index in [2.05, 4.69) is 10.6 Å². The average molecular weight is 461 g/mol. The van der Waals surface area contributed by atoms with Crippen LogP contribution in [0.5, 0.6) is 11.5 Å². The lowest BCUT2D eigenvalue weighted by molar-refractivity contribution is 0.101. The van der Waals surface area contributed by atoms with Gasteiger partial charge < -0.3 is 20.8 Å². The van der Waals surface area contributed by atoms with Gasteiger partial charge in [-0.2, -0.15) is 0 Å². The number of amides is 2. The van der Waals surface area contributed by atoms with E-state index in [-0.39, 0.29) is 22.6 Å². The highest BCUT2D eigenvalue weighted by molar-refractivity contribution is 6.12. The molecule has 3 rings (SSSR count).